The molecule has 0 aromatic rings. The topological polar surface area (TPSA) is 47.3 Å². The van der Waals surface area contributed by atoms with Crippen LogP contribution in [0.5, 0.6) is 0 Å². The first-order chi connectivity index (χ1) is 8.19. The Kier molecular flexibility index (Phi) is 6.78. The third-order valence-electron chi connectivity index (χ3n) is 3.88. The van der Waals surface area contributed by atoms with Crippen molar-refractivity contribution in [2.24, 2.45) is 11.8 Å². The fraction of sp³-hybridized carbons (Fsp3) is 0.857. The van der Waals surface area contributed by atoms with Crippen LogP contribution in [-0.2, 0) is 4.74 Å². The molecular formula is C14H28N2O. The maximum atomic E-state index is 5.70. The van der Waals surface area contributed by atoms with Crippen LogP contribution in [0.15, 0.2) is 12.2 Å². The van der Waals surface area contributed by atoms with Crippen molar-refractivity contribution >= 4 is 0 Å². The van der Waals surface area contributed by atoms with Gasteiger partial charge in [-0.05, 0) is 38.5 Å². The third-order valence-corrected chi connectivity index (χ3v) is 3.88. The van der Waals surface area contributed by atoms with E-state index in [1.807, 2.05) is 7.11 Å². The minimum atomic E-state index is 0.250. The lowest BCUT2D eigenvalue weighted by atomic mass is 9.81. The van der Waals surface area contributed by atoms with Gasteiger partial charge in [-0.2, -0.15) is 0 Å². The van der Waals surface area contributed by atoms with Gasteiger partial charge in [-0.15, -0.1) is 6.58 Å². The first kappa shape index (κ1) is 14.7. The third kappa shape index (κ3) is 4.78. The maximum Gasteiger partial charge on any atom is 0.0765 e. The van der Waals surface area contributed by atoms with Crippen LogP contribution in [0.1, 0.15) is 51.9 Å². The highest BCUT2D eigenvalue weighted by atomic mass is 16.5. The molecule has 0 spiro atoms. The smallest absolute Gasteiger partial charge is 0.0765 e. The molecule has 0 heterocycles. The van der Waals surface area contributed by atoms with Gasteiger partial charge in [-0.1, -0.05) is 24.8 Å². The molecule has 0 amide bonds. The molecule has 0 saturated heterocycles. The summed E-state index contributed by atoms with van der Waals surface area (Å²) in [5.74, 6) is 6.35. The molecule has 3 heteroatoms. The molecule has 17 heavy (non-hydrogen) atoms. The Morgan fingerprint density at radius 2 is 2.06 bits per heavy atom. The highest BCUT2D eigenvalue weighted by Crippen LogP contribution is 2.30. The quantitative estimate of drug-likeness (QED) is 0.409. The van der Waals surface area contributed by atoms with Gasteiger partial charge in [-0.25, -0.2) is 0 Å². The number of hydrazine groups is 1. The zero-order chi connectivity index (χ0) is 12.7. The van der Waals surface area contributed by atoms with E-state index in [1.54, 1.807) is 0 Å². The van der Waals surface area contributed by atoms with Gasteiger partial charge in [0, 0.05) is 13.2 Å². The summed E-state index contributed by atoms with van der Waals surface area (Å²) in [7, 11) is 1.81. The number of ether oxygens (including phenoxy) is 1. The zero-order valence-electron chi connectivity index (χ0n) is 11.4. The van der Waals surface area contributed by atoms with E-state index in [0.717, 1.165) is 12.8 Å². The van der Waals surface area contributed by atoms with Crippen LogP contribution < -0.4 is 11.3 Å². The number of rotatable bonds is 7. The van der Waals surface area contributed by atoms with Crippen LogP contribution in [0.4, 0.5) is 0 Å². The van der Waals surface area contributed by atoms with Crippen LogP contribution in [-0.4, -0.2) is 19.3 Å². The van der Waals surface area contributed by atoms with Gasteiger partial charge in [0.2, 0.25) is 0 Å². The second-order valence-corrected chi connectivity index (χ2v) is 5.37. The van der Waals surface area contributed by atoms with Gasteiger partial charge in [0.05, 0.1) is 6.10 Å². The van der Waals surface area contributed by atoms with Crippen molar-refractivity contribution in [3.63, 3.8) is 0 Å². The van der Waals surface area contributed by atoms with Crippen LogP contribution in [0.3, 0.4) is 0 Å². The fourth-order valence-electron chi connectivity index (χ4n) is 2.89. The first-order valence-electron chi connectivity index (χ1n) is 6.82. The van der Waals surface area contributed by atoms with Crippen LogP contribution in [0.25, 0.3) is 0 Å². The lowest BCUT2D eigenvalue weighted by Gasteiger charge is -2.34. The summed E-state index contributed by atoms with van der Waals surface area (Å²) in [4.78, 5) is 0. The zero-order valence-corrected chi connectivity index (χ0v) is 11.4. The summed E-state index contributed by atoms with van der Waals surface area (Å²) in [5.41, 5.74) is 4.15. The molecule has 0 aromatic carbocycles. The van der Waals surface area contributed by atoms with Gasteiger partial charge in [-0.3, -0.25) is 11.3 Å². The van der Waals surface area contributed by atoms with Crippen LogP contribution >= 0.6 is 0 Å². The molecule has 1 rings (SSSR count). The monoisotopic (exact) mass is 240 g/mol. The van der Waals surface area contributed by atoms with E-state index in [2.05, 4.69) is 18.9 Å². The van der Waals surface area contributed by atoms with Gasteiger partial charge < -0.3 is 4.74 Å². The Hall–Kier alpha value is -0.380. The van der Waals surface area contributed by atoms with Crippen molar-refractivity contribution in [2.75, 3.05) is 7.11 Å². The minimum absolute atomic E-state index is 0.250. The number of hydrogen-bond acceptors (Lipinski definition) is 3. The fourth-order valence-corrected chi connectivity index (χ4v) is 2.89. The normalized spacial score (nSPS) is 21.1. The van der Waals surface area contributed by atoms with Crippen molar-refractivity contribution in [1.29, 1.82) is 0 Å². The number of allylic oxidation sites excluding steroid dienone is 1. The molecule has 1 fully saturated rings. The summed E-state index contributed by atoms with van der Waals surface area (Å²) >= 11 is 0. The highest BCUT2D eigenvalue weighted by Gasteiger charge is 2.29. The van der Waals surface area contributed by atoms with Crippen molar-refractivity contribution in [1.82, 2.24) is 5.43 Å². The second kappa shape index (κ2) is 7.85. The molecule has 0 bridgehead atoms. The molecule has 0 radical (unpaired) electrons. The highest BCUT2D eigenvalue weighted by molar-refractivity contribution is 4.92. The molecule has 2 unspecified atom stereocenters. The van der Waals surface area contributed by atoms with Crippen LogP contribution in [0, 0.1) is 5.92 Å². The number of hydrogen-bond donors (Lipinski definition) is 2. The average molecular weight is 240 g/mol. The van der Waals surface area contributed by atoms with Gasteiger partial charge in [0.15, 0.2) is 0 Å². The lowest BCUT2D eigenvalue weighted by molar-refractivity contribution is 0.00617. The van der Waals surface area contributed by atoms with Gasteiger partial charge in [0.25, 0.3) is 0 Å². The Balaban J connectivity index is 2.51. The molecule has 1 aliphatic carbocycles. The summed E-state index contributed by atoms with van der Waals surface area (Å²) < 4.78 is 5.70. The standard InChI is InChI=1S/C14H28N2O/c1-11(2)9-10-13(16-15)14(17-3)12-7-5-4-6-8-12/h12-14,16H,1,4-10,15H2,2-3H3. The summed E-state index contributed by atoms with van der Waals surface area (Å²) in [5, 5.41) is 0. The minimum Gasteiger partial charge on any atom is -0.379 e. The van der Waals surface area contributed by atoms with Gasteiger partial charge in [0.1, 0.15) is 0 Å². The molecular weight excluding hydrogens is 212 g/mol. The van der Waals surface area contributed by atoms with Crippen molar-refractivity contribution < 1.29 is 4.74 Å². The molecule has 3 nitrogen and oxygen atoms in total. The molecule has 2 atom stereocenters. The van der Waals surface area contributed by atoms with E-state index >= 15 is 0 Å². The Bertz CT molecular complexity index is 224. The summed E-state index contributed by atoms with van der Waals surface area (Å²) in [6.45, 7) is 6.02. The Morgan fingerprint density at radius 1 is 1.41 bits per heavy atom. The molecule has 1 saturated carbocycles. The van der Waals surface area contributed by atoms with E-state index in [0.29, 0.717) is 5.92 Å². The maximum absolute atomic E-state index is 5.70. The average Bonchev–Trinajstić information content (AvgIpc) is 2.35. The molecule has 1 aliphatic rings. The number of nitrogens with two attached hydrogens (primary N) is 1. The van der Waals surface area contributed by atoms with E-state index < -0.39 is 0 Å². The van der Waals surface area contributed by atoms with E-state index in [1.165, 1.54) is 37.7 Å². The Morgan fingerprint density at radius 3 is 2.53 bits per heavy atom. The van der Waals surface area contributed by atoms with Gasteiger partial charge >= 0.3 is 0 Å². The molecule has 0 aromatic heterocycles. The molecule has 100 valence electrons. The van der Waals surface area contributed by atoms with E-state index in [9.17, 15) is 0 Å². The van der Waals surface area contributed by atoms with Crippen LogP contribution in [0.2, 0.25) is 0 Å². The van der Waals surface area contributed by atoms with Crippen molar-refractivity contribution in [3.8, 4) is 0 Å². The van der Waals surface area contributed by atoms with Crippen molar-refractivity contribution in [2.45, 2.75) is 64.0 Å². The molecule has 3 N–H and O–H groups in total. The number of nitrogens with one attached hydrogen (secondary N) is 1. The lowest BCUT2D eigenvalue weighted by Crippen LogP contribution is -2.48. The summed E-state index contributed by atoms with van der Waals surface area (Å²) in [6.07, 6.45) is 8.89. The predicted octanol–water partition coefficient (Wildman–Crippen LogP) is 2.77. The van der Waals surface area contributed by atoms with E-state index in [-0.39, 0.29) is 12.1 Å². The second-order valence-electron chi connectivity index (χ2n) is 5.37. The Labute approximate surface area is 106 Å². The largest absolute Gasteiger partial charge is 0.379 e. The molecule has 0 aliphatic heterocycles. The van der Waals surface area contributed by atoms with E-state index in [4.69, 9.17) is 10.6 Å². The summed E-state index contributed by atoms with van der Waals surface area (Å²) in [6, 6.07) is 0.250. The predicted molar refractivity (Wildman–Crippen MR) is 72.5 cm³/mol. The SMILES string of the molecule is C=C(C)CCC(NN)C(OC)C1CCCCC1. The first-order valence-corrected chi connectivity index (χ1v) is 6.82. The van der Waals surface area contributed by atoms with Crippen molar-refractivity contribution in [3.05, 3.63) is 12.2 Å². The number of methoxy groups -OCH3 is 1.